The van der Waals surface area contributed by atoms with Crippen molar-refractivity contribution in [3.8, 4) is 0 Å². The van der Waals surface area contributed by atoms with Gasteiger partial charge in [-0.3, -0.25) is 9.59 Å². The number of hydrogen-bond acceptors (Lipinski definition) is 5. The number of carbonyl (C=O) groups excluding carboxylic acids is 1. The second-order valence-electron chi connectivity index (χ2n) is 7.37. The van der Waals surface area contributed by atoms with Gasteiger partial charge in [-0.15, -0.1) is 0 Å². The number of pyridine rings is 1. The number of aromatic nitrogens is 3. The zero-order chi connectivity index (χ0) is 18.1. The van der Waals surface area contributed by atoms with E-state index in [1.165, 1.54) is 6.07 Å². The van der Waals surface area contributed by atoms with Gasteiger partial charge in [0, 0.05) is 42.8 Å². The van der Waals surface area contributed by atoms with Crippen molar-refractivity contribution in [3.05, 3.63) is 45.5 Å². The highest BCUT2D eigenvalue weighted by atomic mass is 16.5. The molecule has 1 aliphatic carbocycles. The normalized spacial score (nSPS) is 18.3. The van der Waals surface area contributed by atoms with Gasteiger partial charge in [-0.1, -0.05) is 12.1 Å². The van der Waals surface area contributed by atoms with Gasteiger partial charge < -0.3 is 14.4 Å². The number of amides is 1. The van der Waals surface area contributed by atoms with Gasteiger partial charge >= 0.3 is 0 Å². The summed E-state index contributed by atoms with van der Waals surface area (Å²) < 4.78 is 5.32. The van der Waals surface area contributed by atoms with Crippen molar-refractivity contribution >= 4 is 5.91 Å². The van der Waals surface area contributed by atoms with E-state index in [0.717, 1.165) is 49.5 Å². The highest BCUT2D eigenvalue weighted by molar-refractivity contribution is 5.94. The molecule has 2 aromatic rings. The highest BCUT2D eigenvalue weighted by Gasteiger charge is 2.30. The number of nitrogens with zero attached hydrogens (tertiary/aromatic N) is 3. The van der Waals surface area contributed by atoms with Crippen molar-refractivity contribution in [1.82, 2.24) is 20.0 Å². The molecule has 1 saturated carbocycles. The molecule has 1 N–H and O–H groups in total. The number of aryl methyl sites for hydroxylation is 1. The Kier molecular flexibility index (Phi) is 4.61. The SMILES string of the molecule is CCc1cc(C(=O)N2CCC(Cc3noc(C4CC4)n3)CC2)cc(=O)[nH]1. The third-order valence-corrected chi connectivity index (χ3v) is 5.31. The molecule has 0 radical (unpaired) electrons. The van der Waals surface area contributed by atoms with Crippen LogP contribution >= 0.6 is 0 Å². The summed E-state index contributed by atoms with van der Waals surface area (Å²) >= 11 is 0. The molecule has 1 aliphatic heterocycles. The van der Waals surface area contributed by atoms with Crippen molar-refractivity contribution in [2.24, 2.45) is 5.92 Å². The van der Waals surface area contributed by atoms with E-state index >= 15 is 0 Å². The Morgan fingerprint density at radius 1 is 1.27 bits per heavy atom. The van der Waals surface area contributed by atoms with E-state index in [2.05, 4.69) is 15.1 Å². The number of rotatable bonds is 5. The van der Waals surface area contributed by atoms with Crippen LogP contribution in [0.5, 0.6) is 0 Å². The second-order valence-corrected chi connectivity index (χ2v) is 7.37. The lowest BCUT2D eigenvalue weighted by molar-refractivity contribution is 0.0689. The van der Waals surface area contributed by atoms with Crippen LogP contribution in [-0.4, -0.2) is 39.0 Å². The number of piperidine rings is 1. The molecule has 138 valence electrons. The van der Waals surface area contributed by atoms with Gasteiger partial charge in [0.25, 0.3) is 5.91 Å². The van der Waals surface area contributed by atoms with Crippen LogP contribution in [-0.2, 0) is 12.8 Å². The van der Waals surface area contributed by atoms with Gasteiger partial charge in [-0.05, 0) is 44.1 Å². The average Bonchev–Trinajstić information content (AvgIpc) is 3.41. The molecule has 1 saturated heterocycles. The van der Waals surface area contributed by atoms with Crippen LogP contribution in [0.1, 0.15) is 66.3 Å². The monoisotopic (exact) mass is 356 g/mol. The number of aromatic amines is 1. The summed E-state index contributed by atoms with van der Waals surface area (Å²) in [6.45, 7) is 3.35. The fourth-order valence-electron chi connectivity index (χ4n) is 3.54. The first-order valence-electron chi connectivity index (χ1n) is 9.47. The second kappa shape index (κ2) is 7.05. The van der Waals surface area contributed by atoms with Crippen molar-refractivity contribution < 1.29 is 9.32 Å². The van der Waals surface area contributed by atoms with Crippen molar-refractivity contribution in [2.45, 2.75) is 51.4 Å². The van der Waals surface area contributed by atoms with E-state index < -0.39 is 0 Å². The third-order valence-electron chi connectivity index (χ3n) is 5.31. The molecule has 2 aromatic heterocycles. The molecule has 2 fully saturated rings. The summed E-state index contributed by atoms with van der Waals surface area (Å²) in [4.78, 5) is 33.5. The molecule has 7 nitrogen and oxygen atoms in total. The van der Waals surface area contributed by atoms with Crippen molar-refractivity contribution in [3.63, 3.8) is 0 Å². The zero-order valence-corrected chi connectivity index (χ0v) is 15.0. The molecule has 0 bridgehead atoms. The van der Waals surface area contributed by atoms with Crippen LogP contribution in [0.3, 0.4) is 0 Å². The minimum atomic E-state index is -0.217. The van der Waals surface area contributed by atoms with E-state index in [1.54, 1.807) is 6.07 Å². The van der Waals surface area contributed by atoms with E-state index in [-0.39, 0.29) is 11.5 Å². The van der Waals surface area contributed by atoms with Crippen LogP contribution < -0.4 is 5.56 Å². The molecule has 1 amide bonds. The zero-order valence-electron chi connectivity index (χ0n) is 15.0. The van der Waals surface area contributed by atoms with Crippen molar-refractivity contribution in [2.75, 3.05) is 13.1 Å². The number of carbonyl (C=O) groups is 1. The lowest BCUT2D eigenvalue weighted by Gasteiger charge is -2.31. The molecule has 2 aliphatic rings. The standard InChI is InChI=1S/C19H24N4O3/c1-2-15-10-14(11-17(24)20-15)19(25)23-7-5-12(6-8-23)9-16-21-18(26-22-16)13-3-4-13/h10-13H,2-9H2,1H3,(H,20,24). The Morgan fingerprint density at radius 2 is 2.04 bits per heavy atom. The van der Waals surface area contributed by atoms with E-state index in [0.29, 0.717) is 36.9 Å². The van der Waals surface area contributed by atoms with Crippen LogP contribution in [0.15, 0.2) is 21.5 Å². The molecule has 0 spiro atoms. The Bertz CT molecular complexity index is 844. The Hall–Kier alpha value is -2.44. The van der Waals surface area contributed by atoms with Gasteiger partial charge in [-0.2, -0.15) is 4.98 Å². The first kappa shape index (κ1) is 17.0. The summed E-state index contributed by atoms with van der Waals surface area (Å²) in [6.07, 6.45) is 5.66. The fourth-order valence-corrected chi connectivity index (χ4v) is 3.54. The minimum absolute atomic E-state index is 0.0557. The molecule has 7 heteroatoms. The fraction of sp³-hybridized carbons (Fsp3) is 0.579. The van der Waals surface area contributed by atoms with Crippen LogP contribution in [0.4, 0.5) is 0 Å². The van der Waals surface area contributed by atoms with Gasteiger partial charge in [0.2, 0.25) is 11.4 Å². The lowest BCUT2D eigenvalue weighted by Crippen LogP contribution is -2.39. The Morgan fingerprint density at radius 3 is 2.73 bits per heavy atom. The van der Waals surface area contributed by atoms with Crippen LogP contribution in [0, 0.1) is 5.92 Å². The summed E-state index contributed by atoms with van der Waals surface area (Å²) in [5, 5.41) is 4.10. The minimum Gasteiger partial charge on any atom is -0.339 e. The summed E-state index contributed by atoms with van der Waals surface area (Å²) in [7, 11) is 0. The van der Waals surface area contributed by atoms with E-state index in [9.17, 15) is 9.59 Å². The van der Waals surface area contributed by atoms with Crippen LogP contribution in [0.2, 0.25) is 0 Å². The maximum absolute atomic E-state index is 12.7. The number of H-pyrrole nitrogens is 1. The Labute approximate surface area is 151 Å². The van der Waals surface area contributed by atoms with Crippen LogP contribution in [0.25, 0.3) is 0 Å². The quantitative estimate of drug-likeness (QED) is 0.887. The number of hydrogen-bond donors (Lipinski definition) is 1. The lowest BCUT2D eigenvalue weighted by atomic mass is 9.93. The molecule has 26 heavy (non-hydrogen) atoms. The summed E-state index contributed by atoms with van der Waals surface area (Å²) in [5.74, 6) is 2.47. The third kappa shape index (κ3) is 3.71. The molecule has 4 rings (SSSR count). The van der Waals surface area contributed by atoms with Gasteiger partial charge in [0.15, 0.2) is 5.82 Å². The predicted molar refractivity (Wildman–Crippen MR) is 95.0 cm³/mol. The molecular weight excluding hydrogens is 332 g/mol. The molecular formula is C19H24N4O3. The molecule has 3 heterocycles. The molecule has 0 aromatic carbocycles. The highest BCUT2D eigenvalue weighted by Crippen LogP contribution is 2.39. The maximum Gasteiger partial charge on any atom is 0.254 e. The van der Waals surface area contributed by atoms with Gasteiger partial charge in [-0.25, -0.2) is 0 Å². The maximum atomic E-state index is 12.7. The largest absolute Gasteiger partial charge is 0.339 e. The van der Waals surface area contributed by atoms with E-state index in [4.69, 9.17) is 4.52 Å². The molecule has 0 unspecified atom stereocenters. The first-order chi connectivity index (χ1) is 12.6. The first-order valence-corrected chi connectivity index (χ1v) is 9.47. The summed E-state index contributed by atoms with van der Waals surface area (Å²) in [6, 6.07) is 3.18. The Balaban J connectivity index is 1.34. The number of likely N-dealkylation sites (tertiary alicyclic amines) is 1. The average molecular weight is 356 g/mol. The van der Waals surface area contributed by atoms with E-state index in [1.807, 2.05) is 11.8 Å². The van der Waals surface area contributed by atoms with Crippen molar-refractivity contribution in [1.29, 1.82) is 0 Å². The predicted octanol–water partition coefficient (Wildman–Crippen LogP) is 2.29. The summed E-state index contributed by atoms with van der Waals surface area (Å²) in [5.41, 5.74) is 1.06. The number of nitrogens with one attached hydrogen (secondary N) is 1. The topological polar surface area (TPSA) is 92.1 Å². The van der Waals surface area contributed by atoms with Gasteiger partial charge in [0.05, 0.1) is 0 Å². The van der Waals surface area contributed by atoms with Gasteiger partial charge in [0.1, 0.15) is 0 Å². The smallest absolute Gasteiger partial charge is 0.254 e. The molecule has 0 atom stereocenters.